The highest BCUT2D eigenvalue weighted by molar-refractivity contribution is 5.88. The van der Waals surface area contributed by atoms with Crippen LogP contribution in [0.5, 0.6) is 0 Å². The number of rotatable bonds is 4. The first-order chi connectivity index (χ1) is 10.1. The lowest BCUT2D eigenvalue weighted by atomic mass is 10.0. The summed E-state index contributed by atoms with van der Waals surface area (Å²) in [6, 6.07) is 15.4. The second-order valence-corrected chi connectivity index (χ2v) is 5.09. The Kier molecular flexibility index (Phi) is 3.46. The molecule has 0 fully saturated rings. The van der Waals surface area contributed by atoms with Gasteiger partial charge in [-0.25, -0.2) is 0 Å². The van der Waals surface area contributed by atoms with Crippen molar-refractivity contribution in [1.82, 2.24) is 4.98 Å². The maximum absolute atomic E-state index is 10.9. The highest BCUT2D eigenvalue weighted by atomic mass is 16.4. The van der Waals surface area contributed by atoms with Gasteiger partial charge in [0, 0.05) is 23.5 Å². The Labute approximate surface area is 122 Å². The molecule has 0 bridgehead atoms. The van der Waals surface area contributed by atoms with Gasteiger partial charge in [0.2, 0.25) is 0 Å². The predicted octanol–water partition coefficient (Wildman–Crippen LogP) is 2.79. The Hall–Kier alpha value is -2.59. The molecule has 0 spiro atoms. The Morgan fingerprint density at radius 1 is 1.14 bits per heavy atom. The van der Waals surface area contributed by atoms with Crippen LogP contribution >= 0.6 is 0 Å². The number of nitrogens with two attached hydrogens (primary N) is 1. The van der Waals surface area contributed by atoms with Crippen molar-refractivity contribution in [1.29, 1.82) is 0 Å². The summed E-state index contributed by atoms with van der Waals surface area (Å²) in [5, 5.41) is 9.93. The van der Waals surface area contributed by atoms with Crippen LogP contribution < -0.4 is 5.73 Å². The van der Waals surface area contributed by atoms with E-state index in [1.54, 1.807) is 0 Å². The number of benzene rings is 2. The van der Waals surface area contributed by atoms with Gasteiger partial charge in [0.05, 0.1) is 0 Å². The zero-order chi connectivity index (χ0) is 14.8. The van der Waals surface area contributed by atoms with Crippen molar-refractivity contribution in [2.45, 2.75) is 12.5 Å². The lowest BCUT2D eigenvalue weighted by Crippen LogP contribution is -2.32. The smallest absolute Gasteiger partial charge is 0.320 e. The van der Waals surface area contributed by atoms with E-state index < -0.39 is 12.0 Å². The molecule has 0 aliphatic heterocycles. The molecule has 4 heteroatoms. The van der Waals surface area contributed by atoms with Crippen LogP contribution in [-0.2, 0) is 11.2 Å². The number of aliphatic carboxylic acids is 1. The van der Waals surface area contributed by atoms with E-state index >= 15 is 0 Å². The van der Waals surface area contributed by atoms with E-state index in [1.165, 1.54) is 0 Å². The maximum Gasteiger partial charge on any atom is 0.320 e. The average molecular weight is 280 g/mol. The molecule has 0 aliphatic rings. The molecular formula is C17H16N2O2. The fourth-order valence-corrected chi connectivity index (χ4v) is 2.49. The van der Waals surface area contributed by atoms with Gasteiger partial charge in [-0.1, -0.05) is 42.5 Å². The third kappa shape index (κ3) is 2.66. The molecule has 21 heavy (non-hydrogen) atoms. The summed E-state index contributed by atoms with van der Waals surface area (Å²) in [6.07, 6.45) is 2.16. The molecular weight excluding hydrogens is 264 g/mol. The molecule has 1 heterocycles. The summed E-state index contributed by atoms with van der Waals surface area (Å²) in [5.74, 6) is -0.981. The van der Waals surface area contributed by atoms with Crippen LogP contribution in [0.15, 0.2) is 54.7 Å². The number of aromatic amines is 1. The molecule has 0 saturated heterocycles. The molecule has 1 atom stereocenters. The average Bonchev–Trinajstić information content (AvgIpc) is 2.90. The quantitative estimate of drug-likeness (QED) is 0.687. The highest BCUT2D eigenvalue weighted by Gasteiger charge is 2.15. The number of carboxylic acids is 1. The van der Waals surface area contributed by atoms with Crippen molar-refractivity contribution in [2.24, 2.45) is 5.73 Å². The Balaban J connectivity index is 1.96. The van der Waals surface area contributed by atoms with Gasteiger partial charge < -0.3 is 15.8 Å². The Morgan fingerprint density at radius 3 is 2.62 bits per heavy atom. The SMILES string of the molecule is NC(Cc1c[nH]c2cc(-c3ccccc3)ccc12)C(=O)O. The second kappa shape index (κ2) is 5.42. The van der Waals surface area contributed by atoms with Crippen molar-refractivity contribution in [3.05, 3.63) is 60.3 Å². The first-order valence-electron chi connectivity index (χ1n) is 6.79. The molecule has 3 rings (SSSR count). The third-order valence-electron chi connectivity index (χ3n) is 3.63. The number of hydrogen-bond donors (Lipinski definition) is 3. The topological polar surface area (TPSA) is 79.1 Å². The van der Waals surface area contributed by atoms with E-state index in [2.05, 4.69) is 23.2 Å². The molecule has 4 N–H and O–H groups in total. The number of fused-ring (bicyclic) bond motifs is 1. The molecule has 4 nitrogen and oxygen atoms in total. The molecule has 2 aromatic carbocycles. The van der Waals surface area contributed by atoms with Crippen LogP contribution in [0.4, 0.5) is 0 Å². The van der Waals surface area contributed by atoms with Gasteiger partial charge in [0.15, 0.2) is 0 Å². The second-order valence-electron chi connectivity index (χ2n) is 5.09. The molecule has 3 aromatic rings. The van der Waals surface area contributed by atoms with Crippen molar-refractivity contribution >= 4 is 16.9 Å². The maximum atomic E-state index is 10.9. The summed E-state index contributed by atoms with van der Waals surface area (Å²) in [6.45, 7) is 0. The molecule has 0 saturated carbocycles. The van der Waals surface area contributed by atoms with Gasteiger partial charge in [-0.15, -0.1) is 0 Å². The van der Waals surface area contributed by atoms with Gasteiger partial charge in [0.1, 0.15) is 6.04 Å². The summed E-state index contributed by atoms with van der Waals surface area (Å²) in [4.78, 5) is 14.1. The molecule has 0 radical (unpaired) electrons. The van der Waals surface area contributed by atoms with E-state index in [-0.39, 0.29) is 0 Å². The monoisotopic (exact) mass is 280 g/mol. The summed E-state index contributed by atoms with van der Waals surface area (Å²) < 4.78 is 0. The van der Waals surface area contributed by atoms with Crippen molar-refractivity contribution < 1.29 is 9.90 Å². The van der Waals surface area contributed by atoms with E-state index in [1.807, 2.05) is 36.5 Å². The van der Waals surface area contributed by atoms with E-state index in [9.17, 15) is 4.79 Å². The standard InChI is InChI=1S/C17H16N2O2/c18-15(17(20)21)8-13-10-19-16-9-12(6-7-14(13)16)11-4-2-1-3-5-11/h1-7,9-10,15,19H,8,18H2,(H,20,21). The summed E-state index contributed by atoms with van der Waals surface area (Å²) in [5.41, 5.74) is 9.80. The lowest BCUT2D eigenvalue weighted by molar-refractivity contribution is -0.138. The number of hydrogen-bond acceptors (Lipinski definition) is 2. The number of aromatic nitrogens is 1. The fourth-order valence-electron chi connectivity index (χ4n) is 2.49. The van der Waals surface area contributed by atoms with Crippen LogP contribution in [-0.4, -0.2) is 22.1 Å². The largest absolute Gasteiger partial charge is 0.480 e. The van der Waals surface area contributed by atoms with Gasteiger partial charge in [-0.3, -0.25) is 4.79 Å². The van der Waals surface area contributed by atoms with E-state index in [4.69, 9.17) is 10.8 Å². The number of carboxylic acid groups (broad SMARTS) is 1. The number of nitrogens with one attached hydrogen (secondary N) is 1. The highest BCUT2D eigenvalue weighted by Crippen LogP contribution is 2.26. The van der Waals surface area contributed by atoms with Gasteiger partial charge in [0.25, 0.3) is 0 Å². The van der Waals surface area contributed by atoms with Gasteiger partial charge in [-0.2, -0.15) is 0 Å². The normalized spacial score (nSPS) is 12.4. The zero-order valence-corrected chi connectivity index (χ0v) is 11.4. The van der Waals surface area contributed by atoms with Gasteiger partial charge >= 0.3 is 5.97 Å². The number of carbonyl (C=O) groups is 1. The predicted molar refractivity (Wildman–Crippen MR) is 83.0 cm³/mol. The van der Waals surface area contributed by atoms with Crippen molar-refractivity contribution in [3.8, 4) is 11.1 Å². The summed E-state index contributed by atoms with van der Waals surface area (Å²) in [7, 11) is 0. The molecule has 1 unspecified atom stereocenters. The molecule has 0 amide bonds. The van der Waals surface area contributed by atoms with Crippen LogP contribution in [0.25, 0.3) is 22.0 Å². The van der Waals surface area contributed by atoms with Crippen molar-refractivity contribution in [2.75, 3.05) is 0 Å². The van der Waals surface area contributed by atoms with Crippen LogP contribution in [0.3, 0.4) is 0 Å². The summed E-state index contributed by atoms with van der Waals surface area (Å²) >= 11 is 0. The molecule has 106 valence electrons. The minimum Gasteiger partial charge on any atom is -0.480 e. The van der Waals surface area contributed by atoms with E-state index in [0.717, 1.165) is 27.6 Å². The number of H-pyrrole nitrogens is 1. The zero-order valence-electron chi connectivity index (χ0n) is 11.4. The molecule has 1 aromatic heterocycles. The van der Waals surface area contributed by atoms with Gasteiger partial charge in [-0.05, 0) is 22.8 Å². The minimum atomic E-state index is -0.981. The first-order valence-corrected chi connectivity index (χ1v) is 6.79. The molecule has 0 aliphatic carbocycles. The Morgan fingerprint density at radius 2 is 1.90 bits per heavy atom. The minimum absolute atomic E-state index is 0.319. The van der Waals surface area contributed by atoms with Crippen LogP contribution in [0.2, 0.25) is 0 Å². The Bertz CT molecular complexity index is 778. The van der Waals surface area contributed by atoms with Crippen LogP contribution in [0.1, 0.15) is 5.56 Å². The van der Waals surface area contributed by atoms with Crippen LogP contribution in [0, 0.1) is 0 Å². The lowest BCUT2D eigenvalue weighted by Gasteiger charge is -2.05. The van der Waals surface area contributed by atoms with Crippen molar-refractivity contribution in [3.63, 3.8) is 0 Å². The van der Waals surface area contributed by atoms with E-state index in [0.29, 0.717) is 6.42 Å². The third-order valence-corrected chi connectivity index (χ3v) is 3.63. The first kappa shape index (κ1) is 13.4. The fraction of sp³-hybridized carbons (Fsp3) is 0.118.